The van der Waals surface area contributed by atoms with Gasteiger partial charge in [-0.15, -0.1) is 0 Å². The van der Waals surface area contributed by atoms with Crippen LogP contribution in [0.4, 0.5) is 0 Å². The minimum Gasteiger partial charge on any atom is -0.354 e. The number of aryl methyl sites for hydroxylation is 3. The lowest BCUT2D eigenvalue weighted by molar-refractivity contribution is -0.696. The van der Waals surface area contributed by atoms with E-state index in [9.17, 15) is 0 Å². The number of pyridine rings is 1. The maximum Gasteiger partial charge on any atom is 0.176 e. The highest BCUT2D eigenvalue weighted by atomic mass is 15.1. The molecule has 0 atom stereocenters. The summed E-state index contributed by atoms with van der Waals surface area (Å²) >= 11 is 0. The van der Waals surface area contributed by atoms with Crippen molar-refractivity contribution in [2.75, 3.05) is 6.54 Å². The molecule has 4 rings (SSSR count). The summed E-state index contributed by atoms with van der Waals surface area (Å²) in [7, 11) is 0. The Balaban J connectivity index is 1.72. The summed E-state index contributed by atoms with van der Waals surface area (Å²) in [6.07, 6.45) is 7.57. The fraction of sp³-hybridized carbons (Fsp3) is 0.318. The smallest absolute Gasteiger partial charge is 0.176 e. The Morgan fingerprint density at radius 2 is 1.85 bits per heavy atom. The zero-order chi connectivity index (χ0) is 18.8. The molecule has 136 valence electrons. The number of aromatic amines is 1. The van der Waals surface area contributed by atoms with Crippen LogP contribution in [0.1, 0.15) is 30.4 Å². The molecule has 2 heterocycles. The van der Waals surface area contributed by atoms with Gasteiger partial charge in [-0.25, -0.2) is 4.57 Å². The topological polar surface area (TPSA) is 68.4 Å². The van der Waals surface area contributed by atoms with E-state index in [4.69, 9.17) is 5.53 Å². The molecule has 0 radical (unpaired) electrons. The highest BCUT2D eigenvalue weighted by Crippen LogP contribution is 2.35. The van der Waals surface area contributed by atoms with Gasteiger partial charge in [0.05, 0.1) is 5.52 Å². The molecule has 0 saturated carbocycles. The van der Waals surface area contributed by atoms with Crippen LogP contribution in [0.25, 0.3) is 43.0 Å². The Kier molecular flexibility index (Phi) is 4.69. The molecule has 0 bridgehead atoms. The molecule has 5 nitrogen and oxygen atoms in total. The van der Waals surface area contributed by atoms with Gasteiger partial charge in [-0.1, -0.05) is 23.3 Å². The predicted molar refractivity (Wildman–Crippen MR) is 111 cm³/mol. The van der Waals surface area contributed by atoms with Gasteiger partial charge in [-0.2, -0.15) is 0 Å². The average Bonchev–Trinajstić information content (AvgIpc) is 3.09. The van der Waals surface area contributed by atoms with E-state index in [2.05, 4.69) is 76.2 Å². The SMILES string of the molecule is Cc1c2cc[n+](CCCCCN=[N+]=[N-])cc2c(C)c2c1[nH]c1ccccc12. The van der Waals surface area contributed by atoms with Crippen molar-refractivity contribution in [3.8, 4) is 0 Å². The highest BCUT2D eigenvalue weighted by Gasteiger charge is 2.16. The molecule has 0 aliphatic rings. The summed E-state index contributed by atoms with van der Waals surface area (Å²) < 4.78 is 2.28. The summed E-state index contributed by atoms with van der Waals surface area (Å²) in [5.41, 5.74) is 13.4. The van der Waals surface area contributed by atoms with Crippen molar-refractivity contribution in [1.29, 1.82) is 0 Å². The summed E-state index contributed by atoms with van der Waals surface area (Å²) in [4.78, 5) is 6.41. The number of aromatic nitrogens is 2. The first-order valence-corrected chi connectivity index (χ1v) is 9.54. The molecule has 0 spiro atoms. The van der Waals surface area contributed by atoms with Crippen LogP contribution < -0.4 is 4.57 Å². The average molecular weight is 358 g/mol. The molecule has 0 aliphatic carbocycles. The standard InChI is InChI=1S/C22H23N5/c1-15-19-14-27(12-7-3-6-11-24-26-23)13-10-17(19)16(2)22-21(15)18-8-4-5-9-20(18)25-22/h4-5,8-10,13-14H,3,6-7,11-12H2,1-2H3/p+1. The molecule has 27 heavy (non-hydrogen) atoms. The number of hydrogen-bond acceptors (Lipinski definition) is 1. The number of nitrogens with zero attached hydrogens (tertiary/aromatic N) is 4. The van der Waals surface area contributed by atoms with Gasteiger partial charge in [0.1, 0.15) is 6.54 Å². The fourth-order valence-electron chi connectivity index (χ4n) is 4.08. The van der Waals surface area contributed by atoms with Crippen LogP contribution in [0, 0.1) is 13.8 Å². The Morgan fingerprint density at radius 3 is 2.70 bits per heavy atom. The van der Waals surface area contributed by atoms with E-state index in [-0.39, 0.29) is 0 Å². The van der Waals surface area contributed by atoms with Crippen molar-refractivity contribution in [1.82, 2.24) is 4.98 Å². The van der Waals surface area contributed by atoms with Gasteiger partial charge < -0.3 is 4.98 Å². The van der Waals surface area contributed by atoms with Crippen molar-refractivity contribution >= 4 is 32.6 Å². The minimum absolute atomic E-state index is 0.593. The van der Waals surface area contributed by atoms with E-state index < -0.39 is 0 Å². The van der Waals surface area contributed by atoms with Crippen LogP contribution in [0.5, 0.6) is 0 Å². The van der Waals surface area contributed by atoms with Crippen LogP contribution >= 0.6 is 0 Å². The Bertz CT molecular complexity index is 1180. The van der Waals surface area contributed by atoms with Gasteiger partial charge in [-0.05, 0) is 54.8 Å². The number of azide groups is 1. The third-order valence-corrected chi connectivity index (χ3v) is 5.52. The molecular formula is C22H24N5+. The van der Waals surface area contributed by atoms with E-state index in [0.29, 0.717) is 6.54 Å². The Morgan fingerprint density at radius 1 is 1.00 bits per heavy atom. The summed E-state index contributed by atoms with van der Waals surface area (Å²) in [6, 6.07) is 10.8. The largest absolute Gasteiger partial charge is 0.354 e. The molecule has 0 amide bonds. The normalized spacial score (nSPS) is 11.3. The number of unbranched alkanes of at least 4 members (excludes halogenated alkanes) is 2. The van der Waals surface area contributed by atoms with Crippen LogP contribution in [-0.4, -0.2) is 11.5 Å². The molecule has 1 N–H and O–H groups in total. The summed E-state index contributed by atoms with van der Waals surface area (Å²) in [5, 5.41) is 8.86. The zero-order valence-electron chi connectivity index (χ0n) is 15.9. The quantitative estimate of drug-likeness (QED) is 0.147. The lowest BCUT2D eigenvalue weighted by atomic mass is 9.97. The van der Waals surface area contributed by atoms with Crippen LogP contribution in [0.2, 0.25) is 0 Å². The highest BCUT2D eigenvalue weighted by molar-refractivity contribution is 6.16. The van der Waals surface area contributed by atoms with E-state index in [1.54, 1.807) is 0 Å². The zero-order valence-corrected chi connectivity index (χ0v) is 15.9. The molecule has 4 aromatic rings. The van der Waals surface area contributed by atoms with Crippen molar-refractivity contribution in [2.45, 2.75) is 39.7 Å². The summed E-state index contributed by atoms with van der Waals surface area (Å²) in [5.74, 6) is 0. The van der Waals surface area contributed by atoms with Gasteiger partial charge >= 0.3 is 0 Å². The van der Waals surface area contributed by atoms with E-state index in [1.165, 1.54) is 43.7 Å². The molecule has 0 aliphatic heterocycles. The van der Waals surface area contributed by atoms with Crippen LogP contribution in [0.3, 0.4) is 0 Å². The molecule has 0 unspecified atom stereocenters. The monoisotopic (exact) mass is 358 g/mol. The van der Waals surface area contributed by atoms with Crippen molar-refractivity contribution in [2.24, 2.45) is 5.11 Å². The van der Waals surface area contributed by atoms with Crippen LogP contribution in [0.15, 0.2) is 47.8 Å². The number of benzene rings is 2. The molecule has 2 aromatic heterocycles. The van der Waals surface area contributed by atoms with E-state index in [1.807, 2.05) is 0 Å². The third kappa shape index (κ3) is 3.11. The first kappa shape index (κ1) is 17.4. The second-order valence-corrected chi connectivity index (χ2v) is 7.20. The van der Waals surface area contributed by atoms with E-state index in [0.717, 1.165) is 25.8 Å². The number of hydrogen-bond donors (Lipinski definition) is 1. The predicted octanol–water partition coefficient (Wildman–Crippen LogP) is 5.86. The van der Waals surface area contributed by atoms with Gasteiger partial charge in [0.2, 0.25) is 0 Å². The molecule has 5 heteroatoms. The molecule has 0 fully saturated rings. The molecular weight excluding hydrogens is 334 g/mol. The van der Waals surface area contributed by atoms with Crippen LogP contribution in [-0.2, 0) is 6.54 Å². The van der Waals surface area contributed by atoms with Gasteiger partial charge in [-0.3, -0.25) is 0 Å². The number of para-hydroxylation sites is 1. The van der Waals surface area contributed by atoms with Gasteiger partial charge in [0, 0.05) is 45.6 Å². The van der Waals surface area contributed by atoms with E-state index >= 15 is 0 Å². The Labute approximate surface area is 158 Å². The molecule has 2 aromatic carbocycles. The minimum atomic E-state index is 0.593. The maximum atomic E-state index is 8.33. The number of rotatable bonds is 6. The summed E-state index contributed by atoms with van der Waals surface area (Å²) in [6.45, 7) is 6.01. The number of H-pyrrole nitrogens is 1. The lowest BCUT2D eigenvalue weighted by Crippen LogP contribution is -2.32. The van der Waals surface area contributed by atoms with Crippen molar-refractivity contribution in [3.63, 3.8) is 0 Å². The van der Waals surface area contributed by atoms with Gasteiger partial charge in [0.15, 0.2) is 12.4 Å². The third-order valence-electron chi connectivity index (χ3n) is 5.52. The first-order chi connectivity index (χ1) is 13.2. The maximum absolute atomic E-state index is 8.33. The Hall–Kier alpha value is -3.04. The second-order valence-electron chi connectivity index (χ2n) is 7.20. The first-order valence-electron chi connectivity index (χ1n) is 9.54. The fourth-order valence-corrected chi connectivity index (χ4v) is 4.08. The lowest BCUT2D eigenvalue weighted by Gasteiger charge is -2.08. The van der Waals surface area contributed by atoms with Gasteiger partial charge in [0.25, 0.3) is 0 Å². The van der Waals surface area contributed by atoms with Crippen molar-refractivity contribution < 1.29 is 4.57 Å². The second kappa shape index (κ2) is 7.29. The number of fused-ring (bicyclic) bond motifs is 4. The van der Waals surface area contributed by atoms with Crippen molar-refractivity contribution in [3.05, 3.63) is 64.3 Å². The number of nitrogens with one attached hydrogen (secondary N) is 1. The molecule has 0 saturated heterocycles.